The second-order valence-corrected chi connectivity index (χ2v) is 3.10. The van der Waals surface area contributed by atoms with E-state index in [0.29, 0.717) is 5.56 Å². The van der Waals surface area contributed by atoms with Crippen molar-refractivity contribution in [2.75, 3.05) is 13.7 Å². The van der Waals surface area contributed by atoms with Crippen LogP contribution in [0.3, 0.4) is 0 Å². The quantitative estimate of drug-likeness (QED) is 0.565. The zero-order valence-corrected chi connectivity index (χ0v) is 9.34. The topological polar surface area (TPSA) is 93.8 Å². The Labute approximate surface area is 98.5 Å². The van der Waals surface area contributed by atoms with Gasteiger partial charge in [0, 0.05) is 5.56 Å². The molecule has 0 fully saturated rings. The van der Waals surface area contributed by atoms with Gasteiger partial charge in [0.1, 0.15) is 0 Å². The van der Waals surface area contributed by atoms with Gasteiger partial charge in [0.05, 0.1) is 13.7 Å². The van der Waals surface area contributed by atoms with E-state index in [4.69, 9.17) is 5.73 Å². The highest BCUT2D eigenvalue weighted by molar-refractivity contribution is 5.98. The zero-order valence-electron chi connectivity index (χ0n) is 9.34. The SMILES string of the molecule is COC(N)=NC(=O)CNC(=O)c1ccccc1. The van der Waals surface area contributed by atoms with Crippen molar-refractivity contribution in [1.29, 1.82) is 0 Å². The summed E-state index contributed by atoms with van der Waals surface area (Å²) in [6, 6.07) is 8.32. The van der Waals surface area contributed by atoms with Crippen molar-refractivity contribution in [2.24, 2.45) is 10.7 Å². The zero-order chi connectivity index (χ0) is 12.7. The van der Waals surface area contributed by atoms with Crippen molar-refractivity contribution in [3.8, 4) is 0 Å². The Balaban J connectivity index is 2.47. The molecule has 0 radical (unpaired) electrons. The van der Waals surface area contributed by atoms with Gasteiger partial charge in [0.2, 0.25) is 0 Å². The van der Waals surface area contributed by atoms with E-state index in [9.17, 15) is 9.59 Å². The fourth-order valence-electron chi connectivity index (χ4n) is 1.06. The summed E-state index contributed by atoms with van der Waals surface area (Å²) in [5.74, 6) is -0.918. The molecule has 0 saturated heterocycles. The molecule has 0 bridgehead atoms. The lowest BCUT2D eigenvalue weighted by atomic mass is 10.2. The maximum Gasteiger partial charge on any atom is 0.289 e. The molecule has 1 aromatic rings. The predicted octanol–water partition coefficient (Wildman–Crippen LogP) is -0.0959. The average molecular weight is 235 g/mol. The number of carbonyl (C=O) groups excluding carboxylic acids is 2. The van der Waals surface area contributed by atoms with Gasteiger partial charge in [-0.3, -0.25) is 9.59 Å². The summed E-state index contributed by atoms with van der Waals surface area (Å²) in [6.45, 7) is -0.224. The van der Waals surface area contributed by atoms with Crippen LogP contribution in [0.4, 0.5) is 0 Å². The van der Waals surface area contributed by atoms with Crippen molar-refractivity contribution >= 4 is 17.8 Å². The van der Waals surface area contributed by atoms with E-state index < -0.39 is 5.91 Å². The molecule has 1 rings (SSSR count). The molecule has 0 aromatic heterocycles. The van der Waals surface area contributed by atoms with Crippen LogP contribution in [0, 0.1) is 0 Å². The molecule has 0 unspecified atom stereocenters. The summed E-state index contributed by atoms with van der Waals surface area (Å²) in [7, 11) is 1.30. The average Bonchev–Trinajstić information content (AvgIpc) is 2.36. The molecule has 6 heteroatoms. The number of rotatable bonds is 3. The van der Waals surface area contributed by atoms with Gasteiger partial charge in [-0.05, 0) is 12.1 Å². The van der Waals surface area contributed by atoms with Gasteiger partial charge in [-0.15, -0.1) is 0 Å². The summed E-state index contributed by atoms with van der Waals surface area (Å²) < 4.78 is 4.51. The van der Waals surface area contributed by atoms with Gasteiger partial charge in [0.15, 0.2) is 0 Å². The number of nitrogens with two attached hydrogens (primary N) is 1. The second kappa shape index (κ2) is 6.26. The van der Waals surface area contributed by atoms with Gasteiger partial charge >= 0.3 is 0 Å². The van der Waals surface area contributed by atoms with E-state index in [1.54, 1.807) is 30.3 Å². The number of amidine groups is 1. The van der Waals surface area contributed by atoms with E-state index in [-0.39, 0.29) is 18.5 Å². The first-order chi connectivity index (χ1) is 8.13. The molecule has 1 aromatic carbocycles. The predicted molar refractivity (Wildman–Crippen MR) is 62.4 cm³/mol. The number of carbonyl (C=O) groups is 2. The van der Waals surface area contributed by atoms with Crippen molar-refractivity contribution < 1.29 is 14.3 Å². The maximum atomic E-state index is 11.5. The molecular weight excluding hydrogens is 222 g/mol. The second-order valence-electron chi connectivity index (χ2n) is 3.10. The Morgan fingerprint density at radius 1 is 1.35 bits per heavy atom. The summed E-state index contributed by atoms with van der Waals surface area (Å²) in [4.78, 5) is 26.1. The molecule has 0 aliphatic heterocycles. The van der Waals surface area contributed by atoms with Crippen LogP contribution in [-0.2, 0) is 9.53 Å². The van der Waals surface area contributed by atoms with Crippen LogP contribution < -0.4 is 11.1 Å². The Morgan fingerprint density at radius 3 is 2.59 bits per heavy atom. The van der Waals surface area contributed by atoms with Crippen molar-refractivity contribution in [1.82, 2.24) is 5.32 Å². The number of amides is 2. The monoisotopic (exact) mass is 235 g/mol. The molecule has 0 spiro atoms. The molecule has 0 aliphatic rings. The Kier molecular flexibility index (Phi) is 4.68. The number of hydrogen-bond donors (Lipinski definition) is 2. The molecule has 0 heterocycles. The number of nitrogens with zero attached hydrogens (tertiary/aromatic N) is 1. The third-order valence-corrected chi connectivity index (χ3v) is 1.88. The largest absolute Gasteiger partial charge is 0.468 e. The Bertz CT molecular complexity index is 429. The molecule has 2 amide bonds. The highest BCUT2D eigenvalue weighted by atomic mass is 16.5. The number of hydrogen-bond acceptors (Lipinski definition) is 3. The minimum Gasteiger partial charge on any atom is -0.468 e. The van der Waals surface area contributed by atoms with Gasteiger partial charge in [-0.25, -0.2) is 0 Å². The summed E-state index contributed by atoms with van der Waals surface area (Å²) >= 11 is 0. The van der Waals surface area contributed by atoms with Crippen LogP contribution in [0.25, 0.3) is 0 Å². The third kappa shape index (κ3) is 4.33. The molecular formula is C11H13N3O3. The van der Waals surface area contributed by atoms with Gasteiger partial charge in [-0.1, -0.05) is 18.2 Å². The first-order valence-electron chi connectivity index (χ1n) is 4.87. The summed E-state index contributed by atoms with van der Waals surface area (Å²) in [5, 5.41) is 2.42. The van der Waals surface area contributed by atoms with E-state index >= 15 is 0 Å². The van der Waals surface area contributed by atoms with Crippen LogP contribution in [0.1, 0.15) is 10.4 Å². The van der Waals surface area contributed by atoms with Crippen molar-refractivity contribution in [3.63, 3.8) is 0 Å². The lowest BCUT2D eigenvalue weighted by molar-refractivity contribution is -0.116. The number of nitrogens with one attached hydrogen (secondary N) is 1. The van der Waals surface area contributed by atoms with E-state index in [1.165, 1.54) is 7.11 Å². The number of methoxy groups -OCH3 is 1. The Morgan fingerprint density at radius 2 is 2.00 bits per heavy atom. The fraction of sp³-hybridized carbons (Fsp3) is 0.182. The summed E-state index contributed by atoms with van der Waals surface area (Å²) in [5.41, 5.74) is 5.66. The normalized spacial score (nSPS) is 10.8. The standard InChI is InChI=1S/C11H13N3O3/c1-17-11(12)14-9(15)7-13-10(16)8-5-3-2-4-6-8/h2-6H,7H2,1H3,(H,13,16)(H2,12,14,15). The number of aliphatic imine (C=N–C) groups is 1. The fourth-order valence-corrected chi connectivity index (χ4v) is 1.06. The molecule has 0 aliphatic carbocycles. The van der Waals surface area contributed by atoms with Gasteiger partial charge < -0.3 is 15.8 Å². The van der Waals surface area contributed by atoms with Crippen LogP contribution in [0.2, 0.25) is 0 Å². The van der Waals surface area contributed by atoms with Crippen LogP contribution in [-0.4, -0.2) is 31.5 Å². The van der Waals surface area contributed by atoms with Crippen molar-refractivity contribution in [2.45, 2.75) is 0 Å². The maximum absolute atomic E-state index is 11.5. The van der Waals surface area contributed by atoms with Crippen molar-refractivity contribution in [3.05, 3.63) is 35.9 Å². The van der Waals surface area contributed by atoms with Gasteiger partial charge in [-0.2, -0.15) is 4.99 Å². The number of benzene rings is 1. The lowest BCUT2D eigenvalue weighted by Crippen LogP contribution is -2.30. The summed E-state index contributed by atoms with van der Waals surface area (Å²) in [6.07, 6.45) is 0. The van der Waals surface area contributed by atoms with Crippen LogP contribution >= 0.6 is 0 Å². The lowest BCUT2D eigenvalue weighted by Gasteiger charge is -2.02. The van der Waals surface area contributed by atoms with E-state index in [2.05, 4.69) is 15.0 Å². The smallest absolute Gasteiger partial charge is 0.289 e. The van der Waals surface area contributed by atoms with Gasteiger partial charge in [0.25, 0.3) is 17.8 Å². The molecule has 0 atom stereocenters. The molecule has 6 nitrogen and oxygen atoms in total. The highest BCUT2D eigenvalue weighted by Gasteiger charge is 2.07. The first kappa shape index (κ1) is 12.7. The third-order valence-electron chi connectivity index (χ3n) is 1.88. The number of ether oxygens (including phenoxy) is 1. The van der Waals surface area contributed by atoms with Crippen LogP contribution in [0.5, 0.6) is 0 Å². The Hall–Kier alpha value is -2.37. The first-order valence-corrected chi connectivity index (χ1v) is 4.87. The minimum absolute atomic E-state index is 0.224. The molecule has 0 saturated carbocycles. The minimum atomic E-state index is -0.575. The highest BCUT2D eigenvalue weighted by Crippen LogP contribution is 1.97. The molecule has 90 valence electrons. The van der Waals surface area contributed by atoms with E-state index in [1.807, 2.05) is 0 Å². The molecule has 17 heavy (non-hydrogen) atoms. The van der Waals surface area contributed by atoms with E-state index in [0.717, 1.165) is 0 Å². The van der Waals surface area contributed by atoms with Crippen LogP contribution in [0.15, 0.2) is 35.3 Å². The molecule has 3 N–H and O–H groups in total.